The van der Waals surface area contributed by atoms with Crippen molar-refractivity contribution in [3.63, 3.8) is 0 Å². The van der Waals surface area contributed by atoms with E-state index in [-0.39, 0.29) is 0 Å². The van der Waals surface area contributed by atoms with Gasteiger partial charge in [0.25, 0.3) is 0 Å². The summed E-state index contributed by atoms with van der Waals surface area (Å²) in [6, 6.07) is 2.96. The standard InChI is InChI=1S/C11H20N2O/c12-7-4-9-13(11-5-6-11)8-2-1-3-10-14/h11,14H,1-6,8-10H2. The van der Waals surface area contributed by atoms with E-state index in [1.807, 2.05) is 0 Å². The van der Waals surface area contributed by atoms with Crippen LogP contribution < -0.4 is 0 Å². The summed E-state index contributed by atoms with van der Waals surface area (Å²) in [5.41, 5.74) is 0. The van der Waals surface area contributed by atoms with Gasteiger partial charge in [-0.1, -0.05) is 0 Å². The fourth-order valence-electron chi connectivity index (χ4n) is 1.71. The van der Waals surface area contributed by atoms with Crippen LogP contribution in [0.4, 0.5) is 0 Å². The lowest BCUT2D eigenvalue weighted by atomic mass is 10.2. The fourth-order valence-corrected chi connectivity index (χ4v) is 1.71. The van der Waals surface area contributed by atoms with Crippen LogP contribution >= 0.6 is 0 Å². The lowest BCUT2D eigenvalue weighted by molar-refractivity contribution is 0.249. The minimum Gasteiger partial charge on any atom is -0.396 e. The molecule has 1 saturated carbocycles. The van der Waals surface area contributed by atoms with Crippen molar-refractivity contribution in [2.75, 3.05) is 19.7 Å². The first-order valence-electron chi connectivity index (χ1n) is 5.60. The van der Waals surface area contributed by atoms with Crippen molar-refractivity contribution in [3.05, 3.63) is 0 Å². The van der Waals surface area contributed by atoms with Crippen LogP contribution in [0.15, 0.2) is 0 Å². The van der Waals surface area contributed by atoms with Crippen LogP contribution in [0.1, 0.15) is 38.5 Å². The minimum atomic E-state index is 0.307. The molecule has 80 valence electrons. The van der Waals surface area contributed by atoms with Crippen molar-refractivity contribution in [2.24, 2.45) is 0 Å². The molecule has 0 bridgehead atoms. The molecule has 3 heteroatoms. The van der Waals surface area contributed by atoms with E-state index in [9.17, 15) is 0 Å². The normalized spacial score (nSPS) is 15.8. The SMILES string of the molecule is N#CCCN(CCCCCO)C1CC1. The van der Waals surface area contributed by atoms with Crippen LogP contribution in [0.2, 0.25) is 0 Å². The Hall–Kier alpha value is -0.590. The van der Waals surface area contributed by atoms with E-state index in [0.717, 1.165) is 38.4 Å². The molecule has 1 aliphatic rings. The Morgan fingerprint density at radius 3 is 2.57 bits per heavy atom. The molecule has 1 aliphatic carbocycles. The van der Waals surface area contributed by atoms with Crippen LogP contribution in [-0.4, -0.2) is 35.7 Å². The van der Waals surface area contributed by atoms with Gasteiger partial charge in [0, 0.05) is 25.6 Å². The number of hydrogen-bond acceptors (Lipinski definition) is 3. The van der Waals surface area contributed by atoms with Crippen LogP contribution in [0.3, 0.4) is 0 Å². The highest BCUT2D eigenvalue weighted by atomic mass is 16.2. The number of aliphatic hydroxyl groups is 1. The first kappa shape index (κ1) is 11.5. The number of nitriles is 1. The third-order valence-electron chi connectivity index (χ3n) is 2.68. The average molecular weight is 196 g/mol. The first-order valence-corrected chi connectivity index (χ1v) is 5.60. The Balaban J connectivity index is 2.06. The monoisotopic (exact) mass is 196 g/mol. The quantitative estimate of drug-likeness (QED) is 0.599. The van der Waals surface area contributed by atoms with Gasteiger partial charge >= 0.3 is 0 Å². The maximum atomic E-state index is 8.64. The number of rotatable bonds is 8. The van der Waals surface area contributed by atoms with Gasteiger partial charge in [0.15, 0.2) is 0 Å². The third kappa shape index (κ3) is 4.59. The molecule has 0 spiro atoms. The first-order chi connectivity index (χ1) is 6.88. The molecule has 14 heavy (non-hydrogen) atoms. The van der Waals surface area contributed by atoms with E-state index >= 15 is 0 Å². The van der Waals surface area contributed by atoms with Gasteiger partial charge in [-0.2, -0.15) is 5.26 Å². The molecule has 3 nitrogen and oxygen atoms in total. The van der Waals surface area contributed by atoms with Crippen molar-refractivity contribution < 1.29 is 5.11 Å². The van der Waals surface area contributed by atoms with Crippen molar-refractivity contribution in [2.45, 2.75) is 44.6 Å². The Morgan fingerprint density at radius 1 is 1.21 bits per heavy atom. The van der Waals surface area contributed by atoms with Crippen LogP contribution in [0, 0.1) is 11.3 Å². The maximum Gasteiger partial charge on any atom is 0.0635 e. The maximum absolute atomic E-state index is 8.64. The third-order valence-corrected chi connectivity index (χ3v) is 2.68. The molecule has 1 fully saturated rings. The van der Waals surface area contributed by atoms with Crippen LogP contribution in [0.5, 0.6) is 0 Å². The Morgan fingerprint density at radius 2 is 2.00 bits per heavy atom. The topological polar surface area (TPSA) is 47.3 Å². The molecule has 0 radical (unpaired) electrons. The van der Waals surface area contributed by atoms with Crippen LogP contribution in [-0.2, 0) is 0 Å². The van der Waals surface area contributed by atoms with Crippen molar-refractivity contribution in [3.8, 4) is 6.07 Å². The second kappa shape index (κ2) is 6.80. The van der Waals surface area contributed by atoms with E-state index in [2.05, 4.69) is 11.0 Å². The molecule has 1 rings (SSSR count). The molecule has 1 N–H and O–H groups in total. The smallest absolute Gasteiger partial charge is 0.0635 e. The van der Waals surface area contributed by atoms with E-state index in [1.54, 1.807) is 0 Å². The number of unbranched alkanes of at least 4 members (excludes halogenated alkanes) is 2. The van der Waals surface area contributed by atoms with Crippen LogP contribution in [0.25, 0.3) is 0 Å². The number of nitrogens with zero attached hydrogens (tertiary/aromatic N) is 2. The lowest BCUT2D eigenvalue weighted by Crippen LogP contribution is -2.28. The van der Waals surface area contributed by atoms with Crippen molar-refractivity contribution >= 4 is 0 Å². The zero-order chi connectivity index (χ0) is 10.2. The van der Waals surface area contributed by atoms with Gasteiger partial charge in [0.05, 0.1) is 6.07 Å². The summed E-state index contributed by atoms with van der Waals surface area (Å²) in [5.74, 6) is 0. The second-order valence-electron chi connectivity index (χ2n) is 3.96. The molecule has 0 atom stereocenters. The Kier molecular flexibility index (Phi) is 5.58. The molecular weight excluding hydrogens is 176 g/mol. The van der Waals surface area contributed by atoms with Gasteiger partial charge < -0.3 is 5.11 Å². The predicted octanol–water partition coefficient (Wildman–Crippen LogP) is 1.53. The molecule has 0 heterocycles. The summed E-state index contributed by atoms with van der Waals surface area (Å²) in [6.45, 7) is 2.34. The average Bonchev–Trinajstić information content (AvgIpc) is 3.00. The molecule has 0 aromatic rings. The summed E-state index contributed by atoms with van der Waals surface area (Å²) < 4.78 is 0. The Labute approximate surface area is 86.3 Å². The zero-order valence-corrected chi connectivity index (χ0v) is 8.78. The highest BCUT2D eigenvalue weighted by molar-refractivity contribution is 4.86. The van der Waals surface area contributed by atoms with E-state index in [1.165, 1.54) is 12.8 Å². The summed E-state index contributed by atoms with van der Waals surface area (Å²) in [7, 11) is 0. The van der Waals surface area contributed by atoms with Gasteiger partial charge in [-0.15, -0.1) is 0 Å². The molecular formula is C11H20N2O. The zero-order valence-electron chi connectivity index (χ0n) is 8.78. The summed E-state index contributed by atoms with van der Waals surface area (Å²) in [6.07, 6.45) is 6.44. The van der Waals surface area contributed by atoms with E-state index < -0.39 is 0 Å². The number of aliphatic hydroxyl groups excluding tert-OH is 1. The largest absolute Gasteiger partial charge is 0.396 e. The fraction of sp³-hybridized carbons (Fsp3) is 0.909. The highest BCUT2D eigenvalue weighted by Gasteiger charge is 2.27. The summed E-state index contributed by atoms with van der Waals surface area (Å²) in [4.78, 5) is 2.43. The molecule has 0 unspecified atom stereocenters. The van der Waals surface area contributed by atoms with Gasteiger partial charge in [0.2, 0.25) is 0 Å². The minimum absolute atomic E-state index is 0.307. The molecule has 0 amide bonds. The van der Waals surface area contributed by atoms with Gasteiger partial charge in [-0.25, -0.2) is 0 Å². The highest BCUT2D eigenvalue weighted by Crippen LogP contribution is 2.27. The van der Waals surface area contributed by atoms with Gasteiger partial charge in [-0.05, 0) is 38.6 Å². The molecule has 0 aliphatic heterocycles. The summed E-state index contributed by atoms with van der Waals surface area (Å²) >= 11 is 0. The molecule has 0 saturated heterocycles. The van der Waals surface area contributed by atoms with Crippen molar-refractivity contribution in [1.29, 1.82) is 5.26 Å². The predicted molar refractivity (Wildman–Crippen MR) is 55.8 cm³/mol. The van der Waals surface area contributed by atoms with Crippen molar-refractivity contribution in [1.82, 2.24) is 4.90 Å². The molecule has 0 aromatic heterocycles. The second-order valence-corrected chi connectivity index (χ2v) is 3.96. The van der Waals surface area contributed by atoms with Gasteiger partial charge in [-0.3, -0.25) is 4.90 Å². The van der Waals surface area contributed by atoms with Gasteiger partial charge in [0.1, 0.15) is 0 Å². The molecule has 0 aromatic carbocycles. The lowest BCUT2D eigenvalue weighted by Gasteiger charge is -2.20. The number of hydrogen-bond donors (Lipinski definition) is 1. The van der Waals surface area contributed by atoms with E-state index in [0.29, 0.717) is 13.0 Å². The van der Waals surface area contributed by atoms with E-state index in [4.69, 9.17) is 10.4 Å². The summed E-state index contributed by atoms with van der Waals surface area (Å²) in [5, 5.41) is 17.2. The Bertz CT molecular complexity index is 184.